The van der Waals surface area contributed by atoms with Crippen molar-refractivity contribution in [3.63, 3.8) is 0 Å². The zero-order valence-corrected chi connectivity index (χ0v) is 22.1. The quantitative estimate of drug-likeness (QED) is 0.199. The summed E-state index contributed by atoms with van der Waals surface area (Å²) in [5.41, 5.74) is 3.47. The lowest BCUT2D eigenvalue weighted by atomic mass is 10.0. The van der Waals surface area contributed by atoms with Gasteiger partial charge in [0, 0.05) is 22.7 Å². The van der Waals surface area contributed by atoms with Crippen LogP contribution in [0.4, 0.5) is 5.69 Å². The number of esters is 2. The highest BCUT2D eigenvalue weighted by Gasteiger charge is 2.24. The van der Waals surface area contributed by atoms with Crippen LogP contribution in [0.25, 0.3) is 16.6 Å². The summed E-state index contributed by atoms with van der Waals surface area (Å²) in [6.07, 6.45) is 1.42. The highest BCUT2D eigenvalue weighted by Crippen LogP contribution is 2.33. The second kappa shape index (κ2) is 11.8. The summed E-state index contributed by atoms with van der Waals surface area (Å²) >= 11 is 0. The number of benzene rings is 3. The molecule has 0 bridgehead atoms. The summed E-state index contributed by atoms with van der Waals surface area (Å²) in [5.74, 6) is -1.04. The molecule has 4 aromatic rings. The van der Waals surface area contributed by atoms with Crippen molar-refractivity contribution in [3.8, 4) is 11.4 Å². The molecule has 196 valence electrons. The van der Waals surface area contributed by atoms with Gasteiger partial charge in [0.1, 0.15) is 5.75 Å². The first-order valence-electron chi connectivity index (χ1n) is 12.9. The molecule has 0 unspecified atom stereocenters. The lowest BCUT2D eigenvalue weighted by Crippen LogP contribution is -2.23. The van der Waals surface area contributed by atoms with Crippen molar-refractivity contribution in [2.45, 2.75) is 40.5 Å². The van der Waals surface area contributed by atoms with Crippen LogP contribution in [-0.4, -0.2) is 29.0 Å². The van der Waals surface area contributed by atoms with Crippen LogP contribution in [0.15, 0.2) is 72.8 Å². The van der Waals surface area contributed by atoms with E-state index in [0.717, 1.165) is 16.9 Å². The smallest absolute Gasteiger partial charge is 0.345 e. The van der Waals surface area contributed by atoms with Crippen molar-refractivity contribution in [1.82, 2.24) is 4.57 Å². The summed E-state index contributed by atoms with van der Waals surface area (Å²) in [4.78, 5) is 38.8. The van der Waals surface area contributed by atoms with Gasteiger partial charge in [0.25, 0.3) is 0 Å². The van der Waals surface area contributed by atoms with Gasteiger partial charge in [-0.1, -0.05) is 44.2 Å². The lowest BCUT2D eigenvalue weighted by Gasteiger charge is -2.15. The van der Waals surface area contributed by atoms with Crippen LogP contribution in [0.1, 0.15) is 60.0 Å². The molecule has 1 heterocycles. The molecule has 0 radical (unpaired) electrons. The fourth-order valence-electron chi connectivity index (χ4n) is 4.66. The number of carbonyl (C=O) groups excluding carboxylic acids is 3. The number of nitrogens with one attached hydrogen (secondary N) is 1. The number of para-hydroxylation sites is 2. The number of amides is 1. The highest BCUT2D eigenvalue weighted by molar-refractivity contribution is 6.07. The third-order valence-electron chi connectivity index (χ3n) is 6.64. The second-order valence-corrected chi connectivity index (χ2v) is 8.97. The fourth-order valence-corrected chi connectivity index (χ4v) is 4.66. The molecule has 7 heteroatoms. The van der Waals surface area contributed by atoms with E-state index in [1.54, 1.807) is 43.3 Å². The molecule has 0 aliphatic rings. The maximum absolute atomic E-state index is 13.2. The maximum Gasteiger partial charge on any atom is 0.345 e. The monoisotopic (exact) mass is 512 g/mol. The molecule has 0 atom stereocenters. The van der Waals surface area contributed by atoms with Crippen LogP contribution < -0.4 is 10.1 Å². The third kappa shape index (κ3) is 5.32. The number of nitrogens with zero attached hydrogens (tertiary/aromatic N) is 1. The van der Waals surface area contributed by atoms with Gasteiger partial charge in [-0.05, 0) is 69.2 Å². The Balaban J connectivity index is 1.71. The molecule has 38 heavy (non-hydrogen) atoms. The van der Waals surface area contributed by atoms with Gasteiger partial charge >= 0.3 is 11.9 Å². The topological polar surface area (TPSA) is 86.6 Å². The van der Waals surface area contributed by atoms with Crippen molar-refractivity contribution in [3.05, 3.63) is 89.6 Å². The Bertz CT molecular complexity index is 1470. The van der Waals surface area contributed by atoms with E-state index in [1.807, 2.05) is 61.7 Å². The molecular formula is C31H32N2O5. The summed E-state index contributed by atoms with van der Waals surface area (Å²) in [6, 6.07) is 21.7. The number of ether oxygens (including phenoxy) is 2. The SMILES string of the molecule is CCOC(=O)c1c(C)n(-c2ccccc2)c2ccc(OC(=O)c3ccccc3NC(=O)C(CC)CC)cc12. The van der Waals surface area contributed by atoms with Crippen molar-refractivity contribution in [1.29, 1.82) is 0 Å². The third-order valence-corrected chi connectivity index (χ3v) is 6.64. The Hall–Kier alpha value is -4.39. The molecule has 7 nitrogen and oxygen atoms in total. The molecule has 0 saturated carbocycles. The molecule has 1 amide bonds. The summed E-state index contributed by atoms with van der Waals surface area (Å²) in [5, 5.41) is 3.49. The highest BCUT2D eigenvalue weighted by atomic mass is 16.5. The van der Waals surface area contributed by atoms with Gasteiger partial charge in [-0.15, -0.1) is 0 Å². The van der Waals surface area contributed by atoms with Crippen LogP contribution in [0, 0.1) is 12.8 Å². The normalized spacial score (nSPS) is 11.0. The van der Waals surface area contributed by atoms with Crippen LogP contribution >= 0.6 is 0 Å². The standard InChI is InChI=1S/C31H32N2O5/c1-5-21(6-2)29(34)32-26-16-12-11-15-24(26)30(35)38-23-17-18-27-25(19-23)28(31(36)37-7-3)20(4)33(27)22-13-9-8-10-14-22/h8-19,21H,5-7H2,1-4H3,(H,32,34). The van der Waals surface area contributed by atoms with E-state index in [9.17, 15) is 14.4 Å². The molecule has 4 rings (SSSR count). The lowest BCUT2D eigenvalue weighted by molar-refractivity contribution is -0.120. The van der Waals surface area contributed by atoms with Crippen LogP contribution in [0.5, 0.6) is 5.75 Å². The molecular weight excluding hydrogens is 480 g/mol. The number of hydrogen-bond acceptors (Lipinski definition) is 5. The van der Waals surface area contributed by atoms with Crippen molar-refractivity contribution < 1.29 is 23.9 Å². The van der Waals surface area contributed by atoms with E-state index in [2.05, 4.69) is 5.32 Å². The average Bonchev–Trinajstić information content (AvgIpc) is 3.21. The van der Waals surface area contributed by atoms with Crippen molar-refractivity contribution in [2.24, 2.45) is 5.92 Å². The minimum absolute atomic E-state index is 0.131. The van der Waals surface area contributed by atoms with E-state index < -0.39 is 11.9 Å². The molecule has 1 N–H and O–H groups in total. The van der Waals surface area contributed by atoms with Gasteiger partial charge in [0.05, 0.1) is 28.9 Å². The Morgan fingerprint density at radius 1 is 0.868 bits per heavy atom. The van der Waals surface area contributed by atoms with Crippen molar-refractivity contribution >= 4 is 34.4 Å². The Morgan fingerprint density at radius 3 is 2.24 bits per heavy atom. The molecule has 3 aromatic carbocycles. The van der Waals surface area contributed by atoms with E-state index in [-0.39, 0.29) is 29.7 Å². The van der Waals surface area contributed by atoms with Gasteiger partial charge in [-0.2, -0.15) is 0 Å². The van der Waals surface area contributed by atoms with Crippen LogP contribution in [0.2, 0.25) is 0 Å². The fraction of sp³-hybridized carbons (Fsp3) is 0.258. The summed E-state index contributed by atoms with van der Waals surface area (Å²) < 4.78 is 13.1. The zero-order valence-electron chi connectivity index (χ0n) is 22.1. The molecule has 0 aliphatic carbocycles. The molecule has 0 fully saturated rings. The minimum Gasteiger partial charge on any atom is -0.462 e. The van der Waals surface area contributed by atoms with Gasteiger partial charge < -0.3 is 19.4 Å². The molecule has 0 saturated heterocycles. The largest absolute Gasteiger partial charge is 0.462 e. The van der Waals surface area contributed by atoms with Gasteiger partial charge in [0.15, 0.2) is 0 Å². The predicted octanol–water partition coefficient (Wildman–Crippen LogP) is 6.71. The number of hydrogen-bond donors (Lipinski definition) is 1. The molecule has 0 spiro atoms. The van der Waals surface area contributed by atoms with Gasteiger partial charge in [0.2, 0.25) is 5.91 Å². The first-order chi connectivity index (χ1) is 18.4. The number of fused-ring (bicyclic) bond motifs is 1. The first kappa shape index (κ1) is 26.7. The van der Waals surface area contributed by atoms with Crippen LogP contribution in [-0.2, 0) is 9.53 Å². The molecule has 0 aliphatic heterocycles. The number of anilines is 1. The maximum atomic E-state index is 13.2. The predicted molar refractivity (Wildman–Crippen MR) is 148 cm³/mol. The van der Waals surface area contributed by atoms with E-state index in [4.69, 9.17) is 9.47 Å². The van der Waals surface area contributed by atoms with E-state index >= 15 is 0 Å². The van der Waals surface area contributed by atoms with Crippen LogP contribution in [0.3, 0.4) is 0 Å². The Morgan fingerprint density at radius 2 is 1.55 bits per heavy atom. The van der Waals surface area contributed by atoms with E-state index in [0.29, 0.717) is 29.5 Å². The number of aromatic nitrogens is 1. The second-order valence-electron chi connectivity index (χ2n) is 8.97. The molecule has 1 aromatic heterocycles. The van der Waals surface area contributed by atoms with Gasteiger partial charge in [-0.3, -0.25) is 4.79 Å². The Labute approximate surface area is 222 Å². The number of rotatable bonds is 9. The zero-order chi connectivity index (χ0) is 27.2. The Kier molecular flexibility index (Phi) is 8.26. The first-order valence-corrected chi connectivity index (χ1v) is 12.9. The summed E-state index contributed by atoms with van der Waals surface area (Å²) in [6.45, 7) is 7.78. The van der Waals surface area contributed by atoms with Crippen molar-refractivity contribution in [2.75, 3.05) is 11.9 Å². The minimum atomic E-state index is -0.610. The number of carbonyl (C=O) groups is 3. The summed E-state index contributed by atoms with van der Waals surface area (Å²) in [7, 11) is 0. The van der Waals surface area contributed by atoms with Gasteiger partial charge in [-0.25, -0.2) is 9.59 Å². The van der Waals surface area contributed by atoms with E-state index in [1.165, 1.54) is 0 Å². The average molecular weight is 513 g/mol.